The summed E-state index contributed by atoms with van der Waals surface area (Å²) in [7, 11) is 1.91. The fourth-order valence-electron chi connectivity index (χ4n) is 5.32. The molecule has 1 aromatic carbocycles. The van der Waals surface area contributed by atoms with Gasteiger partial charge in [-0.1, -0.05) is 30.3 Å². The highest BCUT2D eigenvalue weighted by Crippen LogP contribution is 2.25. The van der Waals surface area contributed by atoms with Crippen LogP contribution in [0.15, 0.2) is 35.3 Å². The highest BCUT2D eigenvalue weighted by Gasteiger charge is 2.35. The third-order valence-electron chi connectivity index (χ3n) is 7.27. The second kappa shape index (κ2) is 11.5. The van der Waals surface area contributed by atoms with Crippen LogP contribution in [0, 0.1) is 5.92 Å². The molecule has 0 spiro atoms. The van der Waals surface area contributed by atoms with Crippen molar-refractivity contribution in [2.24, 2.45) is 10.9 Å². The lowest BCUT2D eigenvalue weighted by Crippen LogP contribution is -2.58. The van der Waals surface area contributed by atoms with E-state index in [1.807, 2.05) is 7.05 Å². The molecule has 0 aromatic heterocycles. The summed E-state index contributed by atoms with van der Waals surface area (Å²) in [5, 5.41) is 7.67. The molecule has 0 aliphatic carbocycles. The van der Waals surface area contributed by atoms with Crippen LogP contribution >= 0.6 is 0 Å². The Balaban J connectivity index is 1.32. The van der Waals surface area contributed by atoms with Crippen LogP contribution in [-0.2, 0) is 9.47 Å². The van der Waals surface area contributed by atoms with Gasteiger partial charge in [-0.2, -0.15) is 0 Å². The molecular formula is C25H41N5O2. The van der Waals surface area contributed by atoms with E-state index in [0.29, 0.717) is 12.0 Å². The number of aliphatic imine (C=N–C) groups is 1. The summed E-state index contributed by atoms with van der Waals surface area (Å²) in [5.41, 5.74) is 1.34. The van der Waals surface area contributed by atoms with E-state index in [0.717, 1.165) is 78.0 Å². The average molecular weight is 444 g/mol. The van der Waals surface area contributed by atoms with E-state index in [1.54, 1.807) is 0 Å². The minimum absolute atomic E-state index is 0.0103. The molecule has 3 heterocycles. The molecule has 178 valence electrons. The molecule has 32 heavy (non-hydrogen) atoms. The van der Waals surface area contributed by atoms with E-state index in [9.17, 15) is 0 Å². The minimum atomic E-state index is 0.0103. The zero-order chi connectivity index (χ0) is 22.2. The first-order chi connectivity index (χ1) is 15.7. The van der Waals surface area contributed by atoms with Crippen LogP contribution in [0.2, 0.25) is 0 Å². The Morgan fingerprint density at radius 2 is 1.81 bits per heavy atom. The Hall–Kier alpha value is -1.67. The molecule has 0 radical (unpaired) electrons. The van der Waals surface area contributed by atoms with Crippen molar-refractivity contribution in [1.29, 1.82) is 0 Å². The molecule has 3 saturated heterocycles. The molecular weight excluding hydrogens is 402 g/mol. The van der Waals surface area contributed by atoms with Gasteiger partial charge in [0.1, 0.15) is 0 Å². The van der Waals surface area contributed by atoms with Crippen molar-refractivity contribution in [1.82, 2.24) is 20.4 Å². The first kappa shape index (κ1) is 23.5. The zero-order valence-electron chi connectivity index (χ0n) is 19.9. The highest BCUT2D eigenvalue weighted by atomic mass is 16.5. The minimum Gasteiger partial charge on any atom is -0.381 e. The van der Waals surface area contributed by atoms with E-state index in [-0.39, 0.29) is 5.54 Å². The number of likely N-dealkylation sites (tertiary alicyclic amines) is 1. The molecule has 2 atom stereocenters. The SMILES string of the molecule is CN=C(NCC1(NC(C)c2ccccc2)CCOCC1)N1CCC(CN2CCOCC2)C1. The van der Waals surface area contributed by atoms with Crippen molar-refractivity contribution in [3.63, 3.8) is 0 Å². The fourth-order valence-corrected chi connectivity index (χ4v) is 5.32. The van der Waals surface area contributed by atoms with Crippen LogP contribution in [0.1, 0.15) is 37.8 Å². The number of guanidine groups is 1. The van der Waals surface area contributed by atoms with Crippen molar-refractivity contribution < 1.29 is 9.47 Å². The zero-order valence-corrected chi connectivity index (χ0v) is 19.9. The largest absolute Gasteiger partial charge is 0.381 e. The van der Waals surface area contributed by atoms with E-state index in [4.69, 9.17) is 9.47 Å². The van der Waals surface area contributed by atoms with E-state index < -0.39 is 0 Å². The number of ether oxygens (including phenoxy) is 2. The van der Waals surface area contributed by atoms with Gasteiger partial charge in [0.05, 0.1) is 13.2 Å². The maximum absolute atomic E-state index is 5.71. The number of morpholine rings is 1. The number of nitrogens with zero attached hydrogens (tertiary/aromatic N) is 3. The molecule has 0 bridgehead atoms. The maximum Gasteiger partial charge on any atom is 0.193 e. The molecule has 0 saturated carbocycles. The monoisotopic (exact) mass is 443 g/mol. The van der Waals surface area contributed by atoms with Gasteiger partial charge in [0, 0.05) is 71.1 Å². The first-order valence-electron chi connectivity index (χ1n) is 12.3. The van der Waals surface area contributed by atoms with Crippen LogP contribution in [0.25, 0.3) is 0 Å². The normalized spacial score (nSPS) is 25.6. The summed E-state index contributed by atoms with van der Waals surface area (Å²) >= 11 is 0. The van der Waals surface area contributed by atoms with E-state index in [2.05, 4.69) is 62.7 Å². The summed E-state index contributed by atoms with van der Waals surface area (Å²) in [6.07, 6.45) is 3.25. The number of hydrogen-bond acceptors (Lipinski definition) is 5. The van der Waals surface area contributed by atoms with Gasteiger partial charge in [-0.3, -0.25) is 9.89 Å². The predicted molar refractivity (Wildman–Crippen MR) is 129 cm³/mol. The Bertz CT molecular complexity index is 716. The van der Waals surface area contributed by atoms with Gasteiger partial charge in [0.2, 0.25) is 0 Å². The lowest BCUT2D eigenvalue weighted by atomic mass is 9.88. The maximum atomic E-state index is 5.71. The summed E-state index contributed by atoms with van der Waals surface area (Å²) in [4.78, 5) is 9.64. The average Bonchev–Trinajstić information content (AvgIpc) is 3.29. The van der Waals surface area contributed by atoms with Crippen LogP contribution in [0.4, 0.5) is 0 Å². The van der Waals surface area contributed by atoms with Crippen LogP contribution in [0.5, 0.6) is 0 Å². The molecule has 1 aromatic rings. The van der Waals surface area contributed by atoms with Gasteiger partial charge in [-0.15, -0.1) is 0 Å². The summed E-state index contributed by atoms with van der Waals surface area (Å²) in [5.74, 6) is 1.74. The number of hydrogen-bond donors (Lipinski definition) is 2. The van der Waals surface area contributed by atoms with Crippen molar-refractivity contribution in [2.75, 3.05) is 72.7 Å². The van der Waals surface area contributed by atoms with Crippen LogP contribution < -0.4 is 10.6 Å². The Kier molecular flexibility index (Phi) is 8.41. The molecule has 7 nitrogen and oxygen atoms in total. The molecule has 3 aliphatic rings. The van der Waals surface area contributed by atoms with Crippen molar-refractivity contribution in [3.8, 4) is 0 Å². The third-order valence-corrected chi connectivity index (χ3v) is 7.27. The Labute approximate surface area is 193 Å². The van der Waals surface area contributed by atoms with Gasteiger partial charge >= 0.3 is 0 Å². The second-order valence-electron chi connectivity index (χ2n) is 9.58. The molecule has 3 aliphatic heterocycles. The van der Waals surface area contributed by atoms with Gasteiger partial charge in [-0.25, -0.2) is 0 Å². The molecule has 0 amide bonds. The first-order valence-corrected chi connectivity index (χ1v) is 12.3. The Morgan fingerprint density at radius 3 is 2.53 bits per heavy atom. The third kappa shape index (κ3) is 6.22. The molecule has 2 unspecified atom stereocenters. The summed E-state index contributed by atoms with van der Waals surface area (Å²) in [6.45, 7) is 12.0. The molecule has 4 rings (SSSR count). The number of rotatable bonds is 7. The van der Waals surface area contributed by atoms with Gasteiger partial charge in [0.25, 0.3) is 0 Å². The predicted octanol–water partition coefficient (Wildman–Crippen LogP) is 2.12. The Morgan fingerprint density at radius 1 is 1.09 bits per heavy atom. The van der Waals surface area contributed by atoms with Crippen molar-refractivity contribution in [3.05, 3.63) is 35.9 Å². The molecule has 3 fully saturated rings. The smallest absolute Gasteiger partial charge is 0.193 e. The lowest BCUT2D eigenvalue weighted by molar-refractivity contribution is 0.0314. The van der Waals surface area contributed by atoms with Crippen molar-refractivity contribution >= 4 is 5.96 Å². The van der Waals surface area contributed by atoms with E-state index >= 15 is 0 Å². The van der Waals surface area contributed by atoms with Crippen molar-refractivity contribution in [2.45, 2.75) is 37.8 Å². The molecule has 2 N–H and O–H groups in total. The second-order valence-corrected chi connectivity index (χ2v) is 9.58. The quantitative estimate of drug-likeness (QED) is 0.497. The van der Waals surface area contributed by atoms with Gasteiger partial charge in [0.15, 0.2) is 5.96 Å². The number of nitrogens with one attached hydrogen (secondary N) is 2. The van der Waals surface area contributed by atoms with Crippen LogP contribution in [0.3, 0.4) is 0 Å². The standard InChI is InChI=1S/C25H41N5O2/c1-21(23-6-4-3-5-7-23)28-25(9-14-31-15-10-25)20-27-24(26-2)30-11-8-22(19-30)18-29-12-16-32-17-13-29/h3-7,21-22,28H,8-20H2,1-2H3,(H,26,27). The summed E-state index contributed by atoms with van der Waals surface area (Å²) < 4.78 is 11.2. The number of benzene rings is 1. The van der Waals surface area contributed by atoms with Crippen LogP contribution in [-0.4, -0.2) is 94.0 Å². The topological polar surface area (TPSA) is 61.4 Å². The fraction of sp³-hybridized carbons (Fsp3) is 0.720. The lowest BCUT2D eigenvalue weighted by Gasteiger charge is -2.41. The van der Waals surface area contributed by atoms with E-state index in [1.165, 1.54) is 18.5 Å². The highest BCUT2D eigenvalue weighted by molar-refractivity contribution is 5.80. The summed E-state index contributed by atoms with van der Waals surface area (Å²) in [6, 6.07) is 11.0. The van der Waals surface area contributed by atoms with Gasteiger partial charge in [-0.05, 0) is 37.7 Å². The van der Waals surface area contributed by atoms with Gasteiger partial charge < -0.3 is 25.0 Å². The molecule has 7 heteroatoms.